The van der Waals surface area contributed by atoms with Crippen LogP contribution in [0, 0.1) is 0 Å². The third-order valence-electron chi connectivity index (χ3n) is 6.32. The summed E-state index contributed by atoms with van der Waals surface area (Å²) in [5.41, 5.74) is 2.18. The topological polar surface area (TPSA) is 51.7 Å². The number of hydrogen-bond donors (Lipinski definition) is 1. The van der Waals surface area contributed by atoms with E-state index in [-0.39, 0.29) is 11.9 Å². The van der Waals surface area contributed by atoms with Crippen molar-refractivity contribution in [1.29, 1.82) is 0 Å². The van der Waals surface area contributed by atoms with Crippen LogP contribution in [0.2, 0.25) is 5.02 Å². The molecule has 3 aliphatic rings. The molecule has 1 aromatic heterocycles. The summed E-state index contributed by atoms with van der Waals surface area (Å²) in [6, 6.07) is 8.48. The van der Waals surface area contributed by atoms with E-state index in [1.807, 2.05) is 35.0 Å². The summed E-state index contributed by atoms with van der Waals surface area (Å²) >= 11 is 7.98. The van der Waals surface area contributed by atoms with Crippen molar-refractivity contribution in [3.05, 3.63) is 35.5 Å². The summed E-state index contributed by atoms with van der Waals surface area (Å²) in [6.07, 6.45) is 2.80. The van der Waals surface area contributed by atoms with Gasteiger partial charge in [0.25, 0.3) is 0 Å². The Balaban J connectivity index is 1.21. The average Bonchev–Trinajstić information content (AvgIpc) is 3.45. The molecule has 3 aliphatic heterocycles. The van der Waals surface area contributed by atoms with Gasteiger partial charge in [-0.3, -0.25) is 14.7 Å². The van der Waals surface area contributed by atoms with Crippen LogP contribution in [0.25, 0.3) is 10.9 Å². The summed E-state index contributed by atoms with van der Waals surface area (Å²) in [5.74, 6) is 2.21. The summed E-state index contributed by atoms with van der Waals surface area (Å²) in [5, 5.41) is 5.35. The Hall–Kier alpha value is -1.54. The first-order valence-corrected chi connectivity index (χ1v) is 11.9. The first kappa shape index (κ1) is 19.4. The molecule has 0 aliphatic carbocycles. The maximum absolute atomic E-state index is 12.7. The molecule has 1 N–H and O–H groups in total. The van der Waals surface area contributed by atoms with E-state index in [2.05, 4.69) is 32.2 Å². The zero-order chi connectivity index (χ0) is 19.8. The lowest BCUT2D eigenvalue weighted by Crippen LogP contribution is -2.51. The third kappa shape index (κ3) is 3.93. The number of piperazine rings is 1. The highest BCUT2D eigenvalue weighted by Crippen LogP contribution is 2.29. The quantitative estimate of drug-likeness (QED) is 0.804. The summed E-state index contributed by atoms with van der Waals surface area (Å²) in [6.45, 7) is 5.82. The molecule has 3 fully saturated rings. The number of nitrogens with zero attached hydrogens (tertiary/aromatic N) is 4. The molecule has 1 amide bonds. The maximum Gasteiger partial charge on any atom is 0.240 e. The van der Waals surface area contributed by atoms with E-state index in [4.69, 9.17) is 11.6 Å². The first-order chi connectivity index (χ1) is 14.2. The first-order valence-electron chi connectivity index (χ1n) is 10.3. The lowest BCUT2D eigenvalue weighted by Gasteiger charge is -2.39. The van der Waals surface area contributed by atoms with Crippen LogP contribution in [0.15, 0.2) is 30.5 Å². The summed E-state index contributed by atoms with van der Waals surface area (Å²) in [4.78, 5) is 24.1. The number of halogens is 1. The Morgan fingerprint density at radius 3 is 2.83 bits per heavy atom. The highest BCUT2D eigenvalue weighted by molar-refractivity contribution is 7.99. The van der Waals surface area contributed by atoms with Gasteiger partial charge in [-0.25, -0.2) is 0 Å². The normalized spacial score (nSPS) is 25.8. The molecule has 3 saturated heterocycles. The molecule has 2 aromatic rings. The Bertz CT molecular complexity index is 898. The van der Waals surface area contributed by atoms with Crippen LogP contribution >= 0.6 is 23.4 Å². The van der Waals surface area contributed by atoms with Gasteiger partial charge in [-0.1, -0.05) is 11.6 Å². The zero-order valence-corrected chi connectivity index (χ0v) is 18.0. The monoisotopic (exact) mass is 431 g/mol. The number of amides is 1. The van der Waals surface area contributed by atoms with Crippen molar-refractivity contribution in [2.75, 3.05) is 55.8 Å². The smallest absolute Gasteiger partial charge is 0.240 e. The molecule has 0 unspecified atom stereocenters. The summed E-state index contributed by atoms with van der Waals surface area (Å²) < 4.78 is 0. The number of pyridine rings is 1. The van der Waals surface area contributed by atoms with Crippen molar-refractivity contribution < 1.29 is 4.79 Å². The van der Waals surface area contributed by atoms with Crippen molar-refractivity contribution in [1.82, 2.24) is 20.1 Å². The molecule has 2 atom stereocenters. The third-order valence-corrected chi connectivity index (χ3v) is 7.52. The number of carbonyl (C=O) groups excluding carboxylic acids is 1. The van der Waals surface area contributed by atoms with Crippen LogP contribution in [0.4, 0.5) is 5.69 Å². The molecule has 0 bridgehead atoms. The summed E-state index contributed by atoms with van der Waals surface area (Å²) in [7, 11) is 0. The van der Waals surface area contributed by atoms with Gasteiger partial charge >= 0.3 is 0 Å². The van der Waals surface area contributed by atoms with E-state index in [0.717, 1.165) is 73.2 Å². The predicted octanol–water partition coefficient (Wildman–Crippen LogP) is 2.27. The molecule has 0 spiro atoms. The van der Waals surface area contributed by atoms with Crippen LogP contribution in [0.5, 0.6) is 0 Å². The molecule has 1 aromatic carbocycles. The van der Waals surface area contributed by atoms with E-state index in [1.165, 1.54) is 5.69 Å². The maximum atomic E-state index is 12.7. The number of fused-ring (bicyclic) bond motifs is 1. The van der Waals surface area contributed by atoms with E-state index in [9.17, 15) is 4.79 Å². The molecule has 6 nitrogen and oxygen atoms in total. The minimum atomic E-state index is -0.00869. The molecule has 29 heavy (non-hydrogen) atoms. The van der Waals surface area contributed by atoms with Gasteiger partial charge < -0.3 is 15.1 Å². The molecular weight excluding hydrogens is 406 g/mol. The second-order valence-corrected chi connectivity index (χ2v) is 9.52. The molecule has 5 rings (SSSR count). The standard InChI is InChI=1S/C21H26ClN5OS/c22-15-1-2-17-18(11-15)23-4-3-20(17)26-7-5-25(6-8-26)16-12-19(24-13-16)21(28)27-9-10-29-14-27/h1-4,11,16,19,24H,5-10,12-14H2/t16-,19-/m0/s1. The minimum absolute atomic E-state index is 0.00869. The van der Waals surface area contributed by atoms with Gasteiger partial charge in [0, 0.05) is 73.4 Å². The fourth-order valence-electron chi connectivity index (χ4n) is 4.70. The van der Waals surface area contributed by atoms with Crippen LogP contribution in [0.1, 0.15) is 6.42 Å². The van der Waals surface area contributed by atoms with Crippen LogP contribution in [-0.2, 0) is 4.79 Å². The van der Waals surface area contributed by atoms with Crippen molar-refractivity contribution in [2.24, 2.45) is 0 Å². The van der Waals surface area contributed by atoms with Gasteiger partial charge in [0.1, 0.15) is 0 Å². The predicted molar refractivity (Wildman–Crippen MR) is 120 cm³/mol. The minimum Gasteiger partial charge on any atom is -0.368 e. The van der Waals surface area contributed by atoms with Gasteiger partial charge in [-0.15, -0.1) is 11.8 Å². The zero-order valence-electron chi connectivity index (χ0n) is 16.4. The Kier molecular flexibility index (Phi) is 5.56. The number of rotatable bonds is 3. The van der Waals surface area contributed by atoms with Crippen molar-refractivity contribution in [3.63, 3.8) is 0 Å². The van der Waals surface area contributed by atoms with Crippen LogP contribution in [0.3, 0.4) is 0 Å². The number of benzene rings is 1. The molecule has 154 valence electrons. The van der Waals surface area contributed by atoms with E-state index >= 15 is 0 Å². The Morgan fingerprint density at radius 1 is 1.17 bits per heavy atom. The average molecular weight is 432 g/mol. The molecule has 4 heterocycles. The van der Waals surface area contributed by atoms with Crippen LogP contribution < -0.4 is 10.2 Å². The second kappa shape index (κ2) is 8.30. The second-order valence-electron chi connectivity index (χ2n) is 8.00. The highest BCUT2D eigenvalue weighted by atomic mass is 35.5. The van der Waals surface area contributed by atoms with Crippen LogP contribution in [-0.4, -0.2) is 83.7 Å². The van der Waals surface area contributed by atoms with Crippen molar-refractivity contribution >= 4 is 45.9 Å². The number of carbonyl (C=O) groups is 1. The van der Waals surface area contributed by atoms with E-state index < -0.39 is 0 Å². The fraction of sp³-hybridized carbons (Fsp3) is 0.524. The van der Waals surface area contributed by atoms with E-state index in [0.29, 0.717) is 6.04 Å². The number of aromatic nitrogens is 1. The molecule has 0 saturated carbocycles. The lowest BCUT2D eigenvalue weighted by atomic mass is 10.1. The number of anilines is 1. The molecule has 8 heteroatoms. The van der Waals surface area contributed by atoms with Gasteiger partial charge in [0.15, 0.2) is 0 Å². The fourth-order valence-corrected chi connectivity index (χ4v) is 5.82. The largest absolute Gasteiger partial charge is 0.368 e. The van der Waals surface area contributed by atoms with Gasteiger partial charge in [-0.2, -0.15) is 0 Å². The Labute approximate surface area is 180 Å². The SMILES string of the molecule is O=C([C@@H]1C[C@H](N2CCN(c3ccnc4cc(Cl)ccc34)CC2)CN1)N1CCSC1. The van der Waals surface area contributed by atoms with Gasteiger partial charge in [0.05, 0.1) is 17.4 Å². The highest BCUT2D eigenvalue weighted by Gasteiger charge is 2.36. The number of hydrogen-bond acceptors (Lipinski definition) is 6. The Morgan fingerprint density at radius 2 is 2.03 bits per heavy atom. The van der Waals surface area contributed by atoms with Crippen molar-refractivity contribution in [3.8, 4) is 0 Å². The lowest BCUT2D eigenvalue weighted by molar-refractivity contribution is -0.131. The van der Waals surface area contributed by atoms with Gasteiger partial charge in [-0.05, 0) is 30.7 Å². The van der Waals surface area contributed by atoms with E-state index in [1.54, 1.807) is 0 Å². The van der Waals surface area contributed by atoms with Crippen molar-refractivity contribution in [2.45, 2.75) is 18.5 Å². The number of nitrogens with one attached hydrogen (secondary N) is 1. The molecular formula is C21H26ClN5OS. The number of thioether (sulfide) groups is 1. The molecule has 0 radical (unpaired) electrons. The van der Waals surface area contributed by atoms with Gasteiger partial charge in [0.2, 0.25) is 5.91 Å².